The van der Waals surface area contributed by atoms with Crippen LogP contribution in [0, 0.1) is 5.82 Å². The molecule has 0 unspecified atom stereocenters. The van der Waals surface area contributed by atoms with Crippen LogP contribution in [0.1, 0.15) is 48.0 Å². The molecule has 1 N–H and O–H groups in total. The number of halogens is 1. The topological polar surface area (TPSA) is 46.5 Å². The Labute approximate surface area is 106 Å². The summed E-state index contributed by atoms with van der Waals surface area (Å²) in [6, 6.07) is 3.94. The Morgan fingerprint density at radius 2 is 2.06 bits per heavy atom. The number of carbonyl (C=O) groups is 1. The van der Waals surface area contributed by atoms with Crippen molar-refractivity contribution in [2.24, 2.45) is 0 Å². The van der Waals surface area contributed by atoms with E-state index in [1.165, 1.54) is 31.4 Å². The molecule has 1 aromatic rings. The maximum Gasteiger partial charge on any atom is 0.335 e. The second-order valence-electron chi connectivity index (χ2n) is 4.68. The fourth-order valence-corrected chi connectivity index (χ4v) is 2.24. The number of hydrogen-bond acceptors (Lipinski definition) is 2. The molecule has 0 radical (unpaired) electrons. The van der Waals surface area contributed by atoms with Crippen molar-refractivity contribution in [3.63, 3.8) is 0 Å². The molecule has 0 bridgehead atoms. The summed E-state index contributed by atoms with van der Waals surface area (Å²) in [5, 5.41) is 8.74. The highest BCUT2D eigenvalue weighted by atomic mass is 19.1. The SMILES string of the molecule is O=C(O)c1ccc(COC2CCCCC2)c(F)c1. The van der Waals surface area contributed by atoms with Gasteiger partial charge in [0.05, 0.1) is 18.3 Å². The van der Waals surface area contributed by atoms with E-state index in [4.69, 9.17) is 9.84 Å². The van der Waals surface area contributed by atoms with Gasteiger partial charge in [-0.25, -0.2) is 9.18 Å². The van der Waals surface area contributed by atoms with Gasteiger partial charge in [-0.15, -0.1) is 0 Å². The van der Waals surface area contributed by atoms with Crippen LogP contribution in [-0.2, 0) is 11.3 Å². The van der Waals surface area contributed by atoms with Gasteiger partial charge in [-0.1, -0.05) is 25.3 Å². The average Bonchev–Trinajstić information content (AvgIpc) is 2.38. The zero-order valence-corrected chi connectivity index (χ0v) is 10.2. The molecule has 0 heterocycles. The molecule has 98 valence electrons. The lowest BCUT2D eigenvalue weighted by atomic mass is 9.98. The molecule has 0 atom stereocenters. The maximum atomic E-state index is 13.6. The summed E-state index contributed by atoms with van der Waals surface area (Å²) in [5.74, 6) is -1.63. The molecule has 1 fully saturated rings. The van der Waals surface area contributed by atoms with E-state index in [1.807, 2.05) is 0 Å². The van der Waals surface area contributed by atoms with Crippen LogP contribution in [0.15, 0.2) is 18.2 Å². The number of ether oxygens (including phenoxy) is 1. The van der Waals surface area contributed by atoms with Crippen LogP contribution < -0.4 is 0 Å². The lowest BCUT2D eigenvalue weighted by Gasteiger charge is -2.22. The van der Waals surface area contributed by atoms with Crippen LogP contribution in [0.25, 0.3) is 0 Å². The number of carboxylic acids is 1. The molecule has 0 aliphatic heterocycles. The lowest BCUT2D eigenvalue weighted by molar-refractivity contribution is 0.0156. The van der Waals surface area contributed by atoms with Gasteiger partial charge in [0.25, 0.3) is 0 Å². The van der Waals surface area contributed by atoms with Gasteiger partial charge in [-0.3, -0.25) is 0 Å². The second kappa shape index (κ2) is 5.96. The smallest absolute Gasteiger partial charge is 0.335 e. The Kier molecular flexibility index (Phi) is 4.31. The highest BCUT2D eigenvalue weighted by Gasteiger charge is 2.15. The largest absolute Gasteiger partial charge is 0.478 e. The van der Waals surface area contributed by atoms with Crippen LogP contribution in [0.3, 0.4) is 0 Å². The number of aromatic carboxylic acids is 1. The minimum atomic E-state index is -1.12. The van der Waals surface area contributed by atoms with Gasteiger partial charge < -0.3 is 9.84 Å². The monoisotopic (exact) mass is 252 g/mol. The third kappa shape index (κ3) is 3.29. The van der Waals surface area contributed by atoms with Gasteiger partial charge in [0.1, 0.15) is 5.82 Å². The molecule has 18 heavy (non-hydrogen) atoms. The third-order valence-electron chi connectivity index (χ3n) is 3.33. The Morgan fingerprint density at radius 1 is 1.33 bits per heavy atom. The van der Waals surface area contributed by atoms with Crippen molar-refractivity contribution in [2.75, 3.05) is 0 Å². The summed E-state index contributed by atoms with van der Waals surface area (Å²) in [5.41, 5.74) is 0.388. The minimum Gasteiger partial charge on any atom is -0.478 e. The first kappa shape index (κ1) is 13.0. The first-order valence-corrected chi connectivity index (χ1v) is 6.30. The van der Waals surface area contributed by atoms with Crippen molar-refractivity contribution in [3.05, 3.63) is 35.1 Å². The van der Waals surface area contributed by atoms with E-state index in [0.29, 0.717) is 5.56 Å². The normalized spacial score (nSPS) is 16.7. The molecule has 2 rings (SSSR count). The van der Waals surface area contributed by atoms with E-state index < -0.39 is 11.8 Å². The van der Waals surface area contributed by atoms with Crippen molar-refractivity contribution in [3.8, 4) is 0 Å². The molecular formula is C14H17FO3. The number of carboxylic acid groups (broad SMARTS) is 1. The summed E-state index contributed by atoms with van der Waals surface area (Å²) >= 11 is 0. The zero-order valence-electron chi connectivity index (χ0n) is 10.2. The van der Waals surface area contributed by atoms with Crippen molar-refractivity contribution in [1.29, 1.82) is 0 Å². The molecule has 0 spiro atoms. The molecule has 0 aromatic heterocycles. The Hall–Kier alpha value is -1.42. The summed E-state index contributed by atoms with van der Waals surface area (Å²) in [7, 11) is 0. The van der Waals surface area contributed by atoms with E-state index >= 15 is 0 Å². The quantitative estimate of drug-likeness (QED) is 0.893. The van der Waals surface area contributed by atoms with Gasteiger partial charge in [0, 0.05) is 5.56 Å². The van der Waals surface area contributed by atoms with Crippen LogP contribution >= 0.6 is 0 Å². The Bertz CT molecular complexity index is 425. The molecule has 0 saturated heterocycles. The first-order chi connectivity index (χ1) is 8.66. The van der Waals surface area contributed by atoms with Crippen LogP contribution in [0.2, 0.25) is 0 Å². The number of hydrogen-bond donors (Lipinski definition) is 1. The molecule has 1 saturated carbocycles. The first-order valence-electron chi connectivity index (χ1n) is 6.30. The van der Waals surface area contributed by atoms with Crippen LogP contribution in [0.5, 0.6) is 0 Å². The summed E-state index contributed by atoms with van der Waals surface area (Å²) in [6.45, 7) is 0.219. The van der Waals surface area contributed by atoms with Crippen LogP contribution in [0.4, 0.5) is 4.39 Å². The number of benzene rings is 1. The second-order valence-corrected chi connectivity index (χ2v) is 4.68. The highest BCUT2D eigenvalue weighted by Crippen LogP contribution is 2.22. The third-order valence-corrected chi connectivity index (χ3v) is 3.33. The van der Waals surface area contributed by atoms with E-state index in [0.717, 1.165) is 18.9 Å². The highest BCUT2D eigenvalue weighted by molar-refractivity contribution is 5.87. The molecule has 1 aliphatic carbocycles. The van der Waals surface area contributed by atoms with Gasteiger partial charge in [-0.05, 0) is 25.0 Å². The standard InChI is InChI=1S/C14H17FO3/c15-13-8-10(14(16)17)6-7-11(13)9-18-12-4-2-1-3-5-12/h6-8,12H,1-5,9H2,(H,16,17). The van der Waals surface area contributed by atoms with Crippen molar-refractivity contribution < 1.29 is 19.0 Å². The van der Waals surface area contributed by atoms with Crippen molar-refractivity contribution in [1.82, 2.24) is 0 Å². The zero-order chi connectivity index (χ0) is 13.0. The van der Waals surface area contributed by atoms with E-state index in [9.17, 15) is 9.18 Å². The lowest BCUT2D eigenvalue weighted by Crippen LogP contribution is -2.16. The summed E-state index contributed by atoms with van der Waals surface area (Å²) in [4.78, 5) is 10.7. The van der Waals surface area contributed by atoms with Crippen molar-refractivity contribution >= 4 is 5.97 Å². The summed E-state index contributed by atoms with van der Waals surface area (Å²) in [6.07, 6.45) is 5.89. The summed E-state index contributed by atoms with van der Waals surface area (Å²) < 4.78 is 19.3. The molecule has 0 amide bonds. The molecule has 3 nitrogen and oxygen atoms in total. The van der Waals surface area contributed by atoms with Gasteiger partial charge in [0.15, 0.2) is 0 Å². The predicted octanol–water partition coefficient (Wildman–Crippen LogP) is 3.37. The van der Waals surface area contributed by atoms with Gasteiger partial charge in [0.2, 0.25) is 0 Å². The van der Waals surface area contributed by atoms with E-state index in [2.05, 4.69) is 0 Å². The average molecular weight is 252 g/mol. The fourth-order valence-electron chi connectivity index (χ4n) is 2.24. The van der Waals surface area contributed by atoms with Crippen molar-refractivity contribution in [2.45, 2.75) is 44.8 Å². The fraction of sp³-hybridized carbons (Fsp3) is 0.500. The van der Waals surface area contributed by atoms with E-state index in [1.54, 1.807) is 0 Å². The molecule has 1 aromatic carbocycles. The van der Waals surface area contributed by atoms with Crippen LogP contribution in [-0.4, -0.2) is 17.2 Å². The Balaban J connectivity index is 1.94. The molecule has 4 heteroatoms. The van der Waals surface area contributed by atoms with Gasteiger partial charge >= 0.3 is 5.97 Å². The maximum absolute atomic E-state index is 13.6. The predicted molar refractivity (Wildman–Crippen MR) is 65.0 cm³/mol. The number of rotatable bonds is 4. The van der Waals surface area contributed by atoms with E-state index in [-0.39, 0.29) is 18.3 Å². The van der Waals surface area contributed by atoms with Gasteiger partial charge in [-0.2, -0.15) is 0 Å². The minimum absolute atomic E-state index is 0.0334. The Morgan fingerprint density at radius 3 is 2.67 bits per heavy atom. The molecule has 1 aliphatic rings. The molecular weight excluding hydrogens is 235 g/mol.